The van der Waals surface area contributed by atoms with E-state index in [1.165, 1.54) is 17.1 Å². The Bertz CT molecular complexity index is 1640. The highest BCUT2D eigenvalue weighted by Gasteiger charge is 2.26. The largest absolute Gasteiger partial charge is 0.437 e. The van der Waals surface area contributed by atoms with Gasteiger partial charge in [-0.15, -0.1) is 0 Å². The van der Waals surface area contributed by atoms with Crippen LogP contribution in [0.3, 0.4) is 0 Å². The maximum atomic E-state index is 13.2. The summed E-state index contributed by atoms with van der Waals surface area (Å²) in [7, 11) is -0.281. The molecule has 0 radical (unpaired) electrons. The first-order chi connectivity index (χ1) is 19.6. The minimum absolute atomic E-state index is 0.0127. The van der Waals surface area contributed by atoms with E-state index >= 15 is 0 Å². The Morgan fingerprint density at radius 1 is 1.12 bits per heavy atom. The van der Waals surface area contributed by atoms with Crippen molar-refractivity contribution in [3.8, 4) is 22.9 Å². The third kappa shape index (κ3) is 6.02. The summed E-state index contributed by atoms with van der Waals surface area (Å²) in [5.74, 6) is 0.592. The van der Waals surface area contributed by atoms with E-state index in [-0.39, 0.29) is 22.6 Å². The van der Waals surface area contributed by atoms with E-state index in [4.69, 9.17) is 16.3 Å². The van der Waals surface area contributed by atoms with Crippen LogP contribution in [0.4, 0.5) is 11.6 Å². The molecular weight excluding hydrogens is 566 g/mol. The molecule has 0 amide bonds. The van der Waals surface area contributed by atoms with Crippen LogP contribution in [0.5, 0.6) is 11.6 Å². The number of halogens is 1. The van der Waals surface area contributed by atoms with Crippen molar-refractivity contribution in [3.63, 3.8) is 0 Å². The Balaban J connectivity index is 1.60. The SMILES string of the molecule is CCc1c(Oc2cccc(N3CCN(C)CC3)c2Cl)nc(NS(=O)(=O)c2cnn(C)c2)nc1-c1cn[nH]c1C(C)C. The molecule has 12 nitrogen and oxygen atoms in total. The zero-order valence-electron chi connectivity index (χ0n) is 23.7. The van der Waals surface area contributed by atoms with Gasteiger partial charge < -0.3 is 14.5 Å². The van der Waals surface area contributed by atoms with Crippen LogP contribution in [-0.4, -0.2) is 76.5 Å². The van der Waals surface area contributed by atoms with E-state index in [1.54, 1.807) is 19.3 Å². The van der Waals surface area contributed by atoms with Gasteiger partial charge in [0.15, 0.2) is 0 Å². The zero-order valence-corrected chi connectivity index (χ0v) is 25.3. The van der Waals surface area contributed by atoms with Crippen LogP contribution >= 0.6 is 11.6 Å². The third-order valence-corrected chi connectivity index (χ3v) is 8.70. The smallest absolute Gasteiger partial charge is 0.267 e. The van der Waals surface area contributed by atoms with Crippen LogP contribution in [0.2, 0.25) is 5.02 Å². The van der Waals surface area contributed by atoms with Gasteiger partial charge in [-0.3, -0.25) is 9.78 Å². The lowest BCUT2D eigenvalue weighted by atomic mass is 10.00. The van der Waals surface area contributed by atoms with Crippen molar-refractivity contribution in [2.24, 2.45) is 7.05 Å². The van der Waals surface area contributed by atoms with Gasteiger partial charge in [-0.2, -0.15) is 15.2 Å². The number of hydrogen-bond donors (Lipinski definition) is 2. The van der Waals surface area contributed by atoms with Crippen LogP contribution in [-0.2, 0) is 23.5 Å². The summed E-state index contributed by atoms with van der Waals surface area (Å²) in [5, 5.41) is 11.7. The van der Waals surface area contributed by atoms with Gasteiger partial charge in [0.2, 0.25) is 11.8 Å². The first kappa shape index (κ1) is 28.8. The Labute approximate surface area is 244 Å². The Morgan fingerprint density at radius 2 is 1.88 bits per heavy atom. The number of rotatable bonds is 9. The molecule has 4 aromatic rings. The number of aromatic amines is 1. The lowest BCUT2D eigenvalue weighted by Crippen LogP contribution is -2.44. The molecule has 5 rings (SSSR count). The number of piperazine rings is 1. The van der Waals surface area contributed by atoms with E-state index in [2.05, 4.69) is 46.8 Å². The highest BCUT2D eigenvalue weighted by Crippen LogP contribution is 2.40. The molecule has 1 aliphatic rings. The predicted molar refractivity (Wildman–Crippen MR) is 158 cm³/mol. The summed E-state index contributed by atoms with van der Waals surface area (Å²) in [4.78, 5) is 13.7. The zero-order chi connectivity index (χ0) is 29.3. The van der Waals surface area contributed by atoms with Crippen molar-refractivity contribution in [1.82, 2.24) is 34.8 Å². The highest BCUT2D eigenvalue weighted by atomic mass is 35.5. The lowest BCUT2D eigenvalue weighted by Gasteiger charge is -2.34. The maximum Gasteiger partial charge on any atom is 0.267 e. The summed E-state index contributed by atoms with van der Waals surface area (Å²) in [5.41, 5.74) is 3.69. The number of benzene rings is 1. The van der Waals surface area contributed by atoms with Gasteiger partial charge >= 0.3 is 0 Å². The molecule has 0 aliphatic carbocycles. The highest BCUT2D eigenvalue weighted by molar-refractivity contribution is 7.92. The van der Waals surface area contributed by atoms with Crippen molar-refractivity contribution < 1.29 is 13.2 Å². The van der Waals surface area contributed by atoms with Gasteiger partial charge in [0.05, 0.1) is 23.8 Å². The number of aromatic nitrogens is 6. The Hall–Kier alpha value is -3.68. The number of sulfonamides is 1. The topological polar surface area (TPSA) is 134 Å². The number of nitrogens with one attached hydrogen (secondary N) is 2. The fourth-order valence-electron chi connectivity index (χ4n) is 4.75. The molecular formula is C27H34ClN9O3S. The van der Waals surface area contributed by atoms with Gasteiger partial charge in [-0.1, -0.05) is 38.4 Å². The molecule has 0 bridgehead atoms. The van der Waals surface area contributed by atoms with Gasteiger partial charge in [0.25, 0.3) is 10.0 Å². The molecule has 2 N–H and O–H groups in total. The molecule has 0 atom stereocenters. The van der Waals surface area contributed by atoms with E-state index in [9.17, 15) is 8.42 Å². The second kappa shape index (κ2) is 11.7. The normalized spacial score (nSPS) is 14.6. The van der Waals surface area contributed by atoms with Gasteiger partial charge in [0, 0.05) is 56.2 Å². The van der Waals surface area contributed by atoms with E-state index in [0.29, 0.717) is 28.5 Å². The van der Waals surface area contributed by atoms with Crippen molar-refractivity contribution >= 4 is 33.3 Å². The van der Waals surface area contributed by atoms with Crippen LogP contribution in [0.25, 0.3) is 11.3 Å². The Morgan fingerprint density at radius 3 is 2.54 bits per heavy atom. The first-order valence-corrected chi connectivity index (χ1v) is 15.3. The fraction of sp³-hybridized carbons (Fsp3) is 0.407. The second-order valence-electron chi connectivity index (χ2n) is 10.3. The molecule has 218 valence electrons. The van der Waals surface area contributed by atoms with E-state index in [1.807, 2.05) is 32.9 Å². The summed E-state index contributed by atoms with van der Waals surface area (Å²) < 4.78 is 36.6. The average Bonchev–Trinajstić information content (AvgIpc) is 3.60. The summed E-state index contributed by atoms with van der Waals surface area (Å²) in [6, 6.07) is 5.64. The lowest BCUT2D eigenvalue weighted by molar-refractivity contribution is 0.313. The molecule has 14 heteroatoms. The monoisotopic (exact) mass is 599 g/mol. The molecule has 41 heavy (non-hydrogen) atoms. The third-order valence-electron chi connectivity index (χ3n) is 7.03. The van der Waals surface area contributed by atoms with Gasteiger partial charge in [-0.05, 0) is 31.5 Å². The van der Waals surface area contributed by atoms with E-state index < -0.39 is 10.0 Å². The molecule has 1 aliphatic heterocycles. The summed E-state index contributed by atoms with van der Waals surface area (Å²) in [6.07, 6.45) is 4.86. The van der Waals surface area contributed by atoms with Crippen molar-refractivity contribution in [2.45, 2.75) is 38.0 Å². The first-order valence-electron chi connectivity index (χ1n) is 13.4. The minimum atomic E-state index is -4.02. The number of hydrogen-bond acceptors (Lipinski definition) is 9. The van der Waals surface area contributed by atoms with Crippen LogP contribution in [0.1, 0.15) is 37.9 Å². The predicted octanol–water partition coefficient (Wildman–Crippen LogP) is 4.28. The van der Waals surface area contributed by atoms with Crippen LogP contribution < -0.4 is 14.4 Å². The van der Waals surface area contributed by atoms with Crippen molar-refractivity contribution in [1.29, 1.82) is 0 Å². The van der Waals surface area contributed by atoms with Gasteiger partial charge in [0.1, 0.15) is 15.7 Å². The number of likely N-dealkylation sites (N-methyl/N-ethyl adjacent to an activating group) is 1. The van der Waals surface area contributed by atoms with Crippen molar-refractivity contribution in [2.75, 3.05) is 42.8 Å². The average molecular weight is 600 g/mol. The molecule has 0 saturated carbocycles. The number of H-pyrrole nitrogens is 1. The van der Waals surface area contributed by atoms with Crippen LogP contribution in [0, 0.1) is 0 Å². The second-order valence-corrected chi connectivity index (χ2v) is 12.4. The Kier molecular flexibility index (Phi) is 8.20. The molecule has 0 unspecified atom stereocenters. The van der Waals surface area contributed by atoms with Gasteiger partial charge in [-0.25, -0.2) is 18.1 Å². The fourth-order valence-corrected chi connectivity index (χ4v) is 5.96. The summed E-state index contributed by atoms with van der Waals surface area (Å²) >= 11 is 6.90. The van der Waals surface area contributed by atoms with Crippen LogP contribution in [0.15, 0.2) is 41.7 Å². The molecule has 3 aromatic heterocycles. The standard InChI is InChI=1S/C27H34ClN9O3S/c1-6-19-25(20-15-29-33-24(20)17(2)3)31-27(34-41(38,39)18-14-30-36(5)16-18)32-26(19)40-22-9-7-8-21(23(22)28)37-12-10-35(4)11-13-37/h7-9,14-17H,6,10-13H2,1-5H3,(H,29,33)(H,31,32,34). The molecule has 1 aromatic carbocycles. The maximum absolute atomic E-state index is 13.2. The molecule has 0 spiro atoms. The number of aryl methyl sites for hydroxylation is 1. The quantitative estimate of drug-likeness (QED) is 0.289. The number of nitrogens with zero attached hydrogens (tertiary/aromatic N) is 7. The summed E-state index contributed by atoms with van der Waals surface area (Å²) in [6.45, 7) is 9.59. The number of ether oxygens (including phenoxy) is 1. The van der Waals surface area contributed by atoms with Crippen molar-refractivity contribution in [3.05, 3.63) is 53.1 Å². The van der Waals surface area contributed by atoms with E-state index in [0.717, 1.165) is 43.1 Å². The molecule has 4 heterocycles. The molecule has 1 fully saturated rings. The minimum Gasteiger partial charge on any atom is -0.437 e. The molecule has 1 saturated heterocycles. The number of anilines is 2.